The highest BCUT2D eigenvalue weighted by atomic mass is 79.9. The maximum absolute atomic E-state index is 12.8. The van der Waals surface area contributed by atoms with Crippen molar-refractivity contribution >= 4 is 61.6 Å². The van der Waals surface area contributed by atoms with Gasteiger partial charge >= 0.3 is 0 Å². The third-order valence-electron chi connectivity index (χ3n) is 3.16. The van der Waals surface area contributed by atoms with Crippen molar-refractivity contribution in [2.75, 3.05) is 0 Å². The van der Waals surface area contributed by atoms with Crippen LogP contribution in [0.5, 0.6) is 0 Å². The summed E-state index contributed by atoms with van der Waals surface area (Å²) >= 11 is 6.60. The largest absolute Gasteiger partial charge is 0.289 e. The van der Waals surface area contributed by atoms with Crippen LogP contribution >= 0.6 is 50.0 Å². The summed E-state index contributed by atoms with van der Waals surface area (Å²) in [6, 6.07) is 10.7. The third kappa shape index (κ3) is 2.09. The normalized spacial score (nSPS) is 13.1. The molecule has 0 fully saturated rings. The van der Waals surface area contributed by atoms with E-state index >= 15 is 0 Å². The van der Waals surface area contributed by atoms with Crippen molar-refractivity contribution in [3.63, 3.8) is 0 Å². The van der Waals surface area contributed by atoms with Gasteiger partial charge < -0.3 is 0 Å². The van der Waals surface area contributed by atoms with Crippen molar-refractivity contribution in [2.24, 2.45) is 0 Å². The second-order valence-corrected chi connectivity index (χ2v) is 7.30. The number of hydrogen-bond acceptors (Lipinski definition) is 4. The van der Waals surface area contributed by atoms with Crippen LogP contribution < -0.4 is 0 Å². The van der Waals surface area contributed by atoms with Gasteiger partial charge in [0, 0.05) is 32.0 Å². The van der Waals surface area contributed by atoms with Crippen molar-refractivity contribution < 1.29 is 9.59 Å². The topological polar surface area (TPSA) is 34.1 Å². The standard InChI is InChI=1S/C14H6Br2O2S2/c15-19-9-5-1-3-7-11(9)14(18)12-8(13(7)17)4-2-6-10(12)20-16/h1-6H. The Labute approximate surface area is 139 Å². The number of halogens is 2. The summed E-state index contributed by atoms with van der Waals surface area (Å²) in [6.07, 6.45) is 0. The molecule has 2 aromatic rings. The zero-order valence-corrected chi connectivity index (χ0v) is 14.7. The molecular formula is C14H6Br2O2S2. The number of benzene rings is 2. The number of fused-ring (bicyclic) bond motifs is 2. The van der Waals surface area contributed by atoms with Crippen molar-refractivity contribution in [3.8, 4) is 0 Å². The van der Waals surface area contributed by atoms with Crippen molar-refractivity contribution in [1.82, 2.24) is 0 Å². The van der Waals surface area contributed by atoms with Gasteiger partial charge in [-0.25, -0.2) is 0 Å². The van der Waals surface area contributed by atoms with Gasteiger partial charge in [0.25, 0.3) is 0 Å². The first-order chi connectivity index (χ1) is 9.69. The van der Waals surface area contributed by atoms with Gasteiger partial charge in [-0.15, -0.1) is 0 Å². The summed E-state index contributed by atoms with van der Waals surface area (Å²) < 4.78 is 0. The SMILES string of the molecule is O=C1c2cccc(SBr)c2C(=O)c2c(SBr)cccc21. The molecule has 2 aromatic carbocycles. The monoisotopic (exact) mass is 428 g/mol. The Morgan fingerprint density at radius 2 is 1.15 bits per heavy atom. The summed E-state index contributed by atoms with van der Waals surface area (Å²) in [7, 11) is 2.60. The lowest BCUT2D eigenvalue weighted by Crippen LogP contribution is -2.22. The zero-order chi connectivity index (χ0) is 14.3. The third-order valence-corrected chi connectivity index (χ3v) is 6.27. The molecule has 3 rings (SSSR count). The van der Waals surface area contributed by atoms with Crippen LogP contribution in [-0.4, -0.2) is 11.6 Å². The molecule has 0 aliphatic heterocycles. The molecule has 0 unspecified atom stereocenters. The highest BCUT2D eigenvalue weighted by Gasteiger charge is 2.33. The molecule has 1 aliphatic rings. The van der Waals surface area contributed by atoms with Crippen LogP contribution in [0.2, 0.25) is 0 Å². The highest BCUT2D eigenvalue weighted by Crippen LogP contribution is 2.40. The van der Waals surface area contributed by atoms with E-state index in [1.807, 2.05) is 12.1 Å². The second-order valence-electron chi connectivity index (χ2n) is 4.17. The smallest absolute Gasteiger partial charge is 0.196 e. The molecule has 0 atom stereocenters. The van der Waals surface area contributed by atoms with Crippen molar-refractivity contribution in [3.05, 3.63) is 58.7 Å². The Morgan fingerprint density at radius 3 is 1.55 bits per heavy atom. The van der Waals surface area contributed by atoms with E-state index in [-0.39, 0.29) is 11.6 Å². The van der Waals surface area contributed by atoms with Crippen LogP contribution in [-0.2, 0) is 0 Å². The van der Waals surface area contributed by atoms with E-state index in [2.05, 4.69) is 29.6 Å². The zero-order valence-electron chi connectivity index (χ0n) is 9.85. The Balaban J connectivity index is 2.34. The van der Waals surface area contributed by atoms with E-state index in [0.717, 1.165) is 9.79 Å². The number of ketones is 2. The van der Waals surface area contributed by atoms with Crippen molar-refractivity contribution in [1.29, 1.82) is 0 Å². The molecule has 0 bridgehead atoms. The first-order valence-electron chi connectivity index (χ1n) is 5.61. The molecule has 6 heteroatoms. The first kappa shape index (κ1) is 14.4. The Hall–Kier alpha value is -0.560. The van der Waals surface area contributed by atoms with Crippen LogP contribution in [0.4, 0.5) is 0 Å². The Kier molecular flexibility index (Phi) is 4.08. The molecule has 1 aliphatic carbocycles. The van der Waals surface area contributed by atoms with Gasteiger partial charge in [-0.1, -0.05) is 24.3 Å². The summed E-state index contributed by atoms with van der Waals surface area (Å²) in [6.45, 7) is 0. The summed E-state index contributed by atoms with van der Waals surface area (Å²) in [4.78, 5) is 26.9. The predicted molar refractivity (Wildman–Crippen MR) is 89.3 cm³/mol. The van der Waals surface area contributed by atoms with Crippen molar-refractivity contribution in [2.45, 2.75) is 9.79 Å². The summed E-state index contributed by atoms with van der Waals surface area (Å²) in [5.74, 6) is -0.193. The number of rotatable bonds is 2. The van der Waals surface area contributed by atoms with Gasteiger partial charge in [-0.05, 0) is 62.1 Å². The highest BCUT2D eigenvalue weighted by molar-refractivity contribution is 9.50. The van der Waals surface area contributed by atoms with Crippen LogP contribution in [0.15, 0.2) is 46.2 Å². The molecule has 0 spiro atoms. The predicted octanol–water partition coefficient (Wildman–Crippen LogP) is 5.27. The van der Waals surface area contributed by atoms with E-state index < -0.39 is 0 Å². The minimum absolute atomic E-state index is 0.0959. The van der Waals surface area contributed by atoms with E-state index in [4.69, 9.17) is 0 Å². The van der Waals surface area contributed by atoms with Crippen LogP contribution in [0.3, 0.4) is 0 Å². The van der Waals surface area contributed by atoms with Crippen LogP contribution in [0.25, 0.3) is 0 Å². The van der Waals surface area contributed by atoms with E-state index in [1.165, 1.54) is 20.4 Å². The molecule has 100 valence electrons. The minimum atomic E-state index is -0.0975. The molecule has 0 saturated carbocycles. The number of carbonyl (C=O) groups is 2. The average molecular weight is 430 g/mol. The Morgan fingerprint density at radius 1 is 0.700 bits per heavy atom. The van der Waals surface area contributed by atoms with Crippen LogP contribution in [0.1, 0.15) is 31.8 Å². The maximum Gasteiger partial charge on any atom is 0.196 e. The quantitative estimate of drug-likeness (QED) is 0.555. The van der Waals surface area contributed by atoms with E-state index in [9.17, 15) is 9.59 Å². The molecular weight excluding hydrogens is 424 g/mol. The first-order valence-corrected chi connectivity index (χ1v) is 10.9. The maximum atomic E-state index is 12.8. The van der Waals surface area contributed by atoms with Gasteiger partial charge in [-0.2, -0.15) is 0 Å². The van der Waals surface area contributed by atoms with Gasteiger partial charge in [-0.3, -0.25) is 9.59 Å². The number of carbonyl (C=O) groups excluding carboxylic acids is 2. The fourth-order valence-corrected chi connectivity index (χ4v) is 4.75. The van der Waals surface area contributed by atoms with Gasteiger partial charge in [0.2, 0.25) is 0 Å². The van der Waals surface area contributed by atoms with E-state index in [0.29, 0.717) is 22.3 Å². The second kappa shape index (κ2) is 5.67. The lowest BCUT2D eigenvalue weighted by atomic mass is 9.84. The molecule has 0 N–H and O–H groups in total. The lowest BCUT2D eigenvalue weighted by Gasteiger charge is -2.20. The minimum Gasteiger partial charge on any atom is -0.289 e. The number of hydrogen-bond donors (Lipinski definition) is 0. The molecule has 0 heterocycles. The van der Waals surface area contributed by atoms with Crippen LogP contribution in [0, 0.1) is 0 Å². The summed E-state index contributed by atoms with van der Waals surface area (Å²) in [5, 5.41) is 0. The Bertz CT molecular complexity index is 684. The summed E-state index contributed by atoms with van der Waals surface area (Å²) in [5.41, 5.74) is 1.93. The average Bonchev–Trinajstić information content (AvgIpc) is 2.50. The van der Waals surface area contributed by atoms with Gasteiger partial charge in [0.15, 0.2) is 11.6 Å². The van der Waals surface area contributed by atoms with Gasteiger partial charge in [0.1, 0.15) is 0 Å². The fraction of sp³-hybridized carbons (Fsp3) is 0. The molecule has 20 heavy (non-hydrogen) atoms. The molecule has 0 radical (unpaired) electrons. The van der Waals surface area contributed by atoms with E-state index in [1.54, 1.807) is 24.3 Å². The fourth-order valence-electron chi connectivity index (χ4n) is 2.31. The molecule has 2 nitrogen and oxygen atoms in total. The molecule has 0 saturated heterocycles. The lowest BCUT2D eigenvalue weighted by molar-refractivity contribution is 0.0974. The molecule has 0 amide bonds. The van der Waals surface area contributed by atoms with Gasteiger partial charge in [0.05, 0.1) is 0 Å². The molecule has 0 aromatic heterocycles.